The predicted molar refractivity (Wildman–Crippen MR) is 108 cm³/mol. The van der Waals surface area contributed by atoms with E-state index in [1.807, 2.05) is 20.8 Å². The molecule has 0 unspecified atom stereocenters. The fourth-order valence-electron chi connectivity index (χ4n) is 2.46. The van der Waals surface area contributed by atoms with Crippen molar-refractivity contribution in [3.8, 4) is 5.75 Å². The Hall–Kier alpha value is -3.75. The summed E-state index contributed by atoms with van der Waals surface area (Å²) in [6.07, 6.45) is 0. The molecule has 2 aromatic carbocycles. The van der Waals surface area contributed by atoms with Crippen LogP contribution in [0.2, 0.25) is 0 Å². The molecule has 29 heavy (non-hydrogen) atoms. The van der Waals surface area contributed by atoms with Crippen molar-refractivity contribution in [3.63, 3.8) is 0 Å². The lowest BCUT2D eigenvalue weighted by Crippen LogP contribution is -2.25. The van der Waals surface area contributed by atoms with E-state index in [0.717, 1.165) is 0 Å². The van der Waals surface area contributed by atoms with Gasteiger partial charge in [-0.2, -0.15) is 4.80 Å². The Kier molecular flexibility index (Phi) is 5.58. The molecule has 9 heteroatoms. The van der Waals surface area contributed by atoms with Crippen LogP contribution in [0.4, 0.5) is 11.4 Å². The molecule has 2 amide bonds. The number of carbonyl (C=O) groups is 2. The summed E-state index contributed by atoms with van der Waals surface area (Å²) in [4.78, 5) is 26.6. The van der Waals surface area contributed by atoms with Crippen molar-refractivity contribution in [1.29, 1.82) is 0 Å². The molecular weight excluding hydrogens is 372 g/mol. The van der Waals surface area contributed by atoms with Crippen LogP contribution in [0.1, 0.15) is 41.7 Å². The Bertz CT molecular complexity index is 1040. The number of hydrogen-bond acceptors (Lipinski definition) is 6. The van der Waals surface area contributed by atoms with E-state index in [0.29, 0.717) is 22.7 Å². The molecule has 0 saturated carbocycles. The minimum atomic E-state index is -0.554. The van der Waals surface area contributed by atoms with Gasteiger partial charge in [-0.25, -0.2) is 0 Å². The quantitative estimate of drug-likeness (QED) is 0.688. The molecule has 0 spiro atoms. The zero-order valence-electron chi connectivity index (χ0n) is 16.6. The lowest BCUT2D eigenvalue weighted by molar-refractivity contribution is 0.101. The summed E-state index contributed by atoms with van der Waals surface area (Å²) in [7, 11) is 1.55. The van der Waals surface area contributed by atoms with Crippen LogP contribution < -0.4 is 15.4 Å². The Morgan fingerprint density at radius 3 is 2.45 bits per heavy atom. The third-order valence-corrected chi connectivity index (χ3v) is 3.96. The van der Waals surface area contributed by atoms with Crippen molar-refractivity contribution in [2.75, 3.05) is 17.7 Å². The minimum Gasteiger partial charge on any atom is -0.497 e. The zero-order chi connectivity index (χ0) is 21.0. The van der Waals surface area contributed by atoms with Crippen molar-refractivity contribution >= 4 is 23.2 Å². The number of nitrogens with zero attached hydrogens (tertiary/aromatic N) is 4. The van der Waals surface area contributed by atoms with Gasteiger partial charge < -0.3 is 15.4 Å². The van der Waals surface area contributed by atoms with E-state index in [1.54, 1.807) is 55.6 Å². The molecular formula is C20H22N6O3. The molecule has 0 aliphatic heterocycles. The normalized spacial score (nSPS) is 11.0. The smallest absolute Gasteiger partial charge is 0.297 e. The number of amides is 2. The van der Waals surface area contributed by atoms with Gasteiger partial charge in [0.1, 0.15) is 5.75 Å². The summed E-state index contributed by atoms with van der Waals surface area (Å²) in [5.74, 6) is -0.386. The number of rotatable bonds is 5. The van der Waals surface area contributed by atoms with Gasteiger partial charge in [0.05, 0.1) is 23.9 Å². The van der Waals surface area contributed by atoms with Crippen molar-refractivity contribution < 1.29 is 14.3 Å². The SMILES string of the molecule is COc1cccc(NC(=O)c2ccccc2NC(=O)c2nnn(C(C)(C)C)n2)c1. The number of methoxy groups -OCH3 is 1. The first-order valence-electron chi connectivity index (χ1n) is 8.94. The molecule has 0 radical (unpaired) electrons. The first kappa shape index (κ1) is 20.0. The van der Waals surface area contributed by atoms with E-state index in [1.165, 1.54) is 4.80 Å². The lowest BCUT2D eigenvalue weighted by atomic mass is 10.1. The Morgan fingerprint density at radius 2 is 1.76 bits per heavy atom. The highest BCUT2D eigenvalue weighted by Gasteiger charge is 2.21. The van der Waals surface area contributed by atoms with Gasteiger partial charge in [0, 0.05) is 11.8 Å². The number of aromatic nitrogens is 4. The highest BCUT2D eigenvalue weighted by atomic mass is 16.5. The average Bonchev–Trinajstić information content (AvgIpc) is 3.19. The molecule has 0 saturated heterocycles. The van der Waals surface area contributed by atoms with Gasteiger partial charge in [0.25, 0.3) is 17.6 Å². The highest BCUT2D eigenvalue weighted by Crippen LogP contribution is 2.21. The summed E-state index contributed by atoms with van der Waals surface area (Å²) < 4.78 is 5.16. The second kappa shape index (κ2) is 8.09. The van der Waals surface area contributed by atoms with Crippen LogP contribution in [0.5, 0.6) is 5.75 Å². The van der Waals surface area contributed by atoms with Gasteiger partial charge >= 0.3 is 0 Å². The maximum absolute atomic E-state index is 12.7. The number of para-hydroxylation sites is 1. The second-order valence-electron chi connectivity index (χ2n) is 7.26. The third kappa shape index (κ3) is 4.75. The number of tetrazole rings is 1. The number of carbonyl (C=O) groups excluding carboxylic acids is 2. The van der Waals surface area contributed by atoms with Crippen LogP contribution in [0.15, 0.2) is 48.5 Å². The van der Waals surface area contributed by atoms with Crippen molar-refractivity contribution in [2.24, 2.45) is 0 Å². The number of benzene rings is 2. The fraction of sp³-hybridized carbons (Fsp3) is 0.250. The average molecular weight is 394 g/mol. The number of hydrogen-bond donors (Lipinski definition) is 2. The number of anilines is 2. The molecule has 3 aromatic rings. The van der Waals surface area contributed by atoms with Gasteiger partial charge in [-0.3, -0.25) is 9.59 Å². The van der Waals surface area contributed by atoms with Crippen molar-refractivity contribution in [1.82, 2.24) is 20.2 Å². The molecule has 0 bridgehead atoms. The zero-order valence-corrected chi connectivity index (χ0v) is 16.6. The highest BCUT2D eigenvalue weighted by molar-refractivity contribution is 6.11. The van der Waals surface area contributed by atoms with E-state index in [4.69, 9.17) is 4.74 Å². The number of nitrogens with one attached hydrogen (secondary N) is 2. The Labute approximate surface area is 168 Å². The van der Waals surface area contributed by atoms with E-state index in [2.05, 4.69) is 26.0 Å². The molecule has 1 aromatic heterocycles. The van der Waals surface area contributed by atoms with E-state index < -0.39 is 11.4 Å². The van der Waals surface area contributed by atoms with Crippen molar-refractivity contribution in [3.05, 3.63) is 59.9 Å². The monoisotopic (exact) mass is 394 g/mol. The summed E-state index contributed by atoms with van der Waals surface area (Å²) in [5, 5.41) is 17.3. The molecule has 0 atom stereocenters. The maximum atomic E-state index is 12.7. The van der Waals surface area contributed by atoms with Gasteiger partial charge in [-0.1, -0.05) is 18.2 Å². The second-order valence-corrected chi connectivity index (χ2v) is 7.26. The molecule has 0 aliphatic rings. The summed E-state index contributed by atoms with van der Waals surface area (Å²) in [6, 6.07) is 13.7. The molecule has 1 heterocycles. The van der Waals surface area contributed by atoms with Gasteiger partial charge in [0.2, 0.25) is 0 Å². The molecule has 0 aliphatic carbocycles. The van der Waals surface area contributed by atoms with Gasteiger partial charge in [-0.05, 0) is 50.3 Å². The van der Waals surface area contributed by atoms with Crippen LogP contribution in [0.3, 0.4) is 0 Å². The predicted octanol–water partition coefficient (Wildman–Crippen LogP) is 2.94. The minimum absolute atomic E-state index is 0.0806. The molecule has 9 nitrogen and oxygen atoms in total. The summed E-state index contributed by atoms with van der Waals surface area (Å²) in [5.41, 5.74) is 0.808. The lowest BCUT2D eigenvalue weighted by Gasteiger charge is -2.15. The van der Waals surface area contributed by atoms with Gasteiger partial charge in [-0.15, -0.1) is 10.2 Å². The topological polar surface area (TPSA) is 111 Å². The van der Waals surface area contributed by atoms with Crippen LogP contribution in [-0.2, 0) is 5.54 Å². The largest absolute Gasteiger partial charge is 0.497 e. The summed E-state index contributed by atoms with van der Waals surface area (Å²) in [6.45, 7) is 5.69. The molecule has 0 fully saturated rings. The standard InChI is InChI=1S/C20H22N6O3/c1-20(2,3)26-24-17(23-25-26)19(28)22-16-11-6-5-10-15(16)18(27)21-13-8-7-9-14(12-13)29-4/h5-12H,1-4H3,(H,21,27)(H,22,28). The van der Waals surface area contributed by atoms with Crippen molar-refractivity contribution in [2.45, 2.75) is 26.3 Å². The van der Waals surface area contributed by atoms with Crippen LogP contribution in [0.25, 0.3) is 0 Å². The van der Waals surface area contributed by atoms with Crippen LogP contribution >= 0.6 is 0 Å². The third-order valence-electron chi connectivity index (χ3n) is 3.96. The number of ether oxygens (including phenoxy) is 1. The molecule has 3 rings (SSSR count). The first-order chi connectivity index (χ1) is 13.8. The first-order valence-corrected chi connectivity index (χ1v) is 8.94. The Balaban J connectivity index is 1.78. The molecule has 150 valence electrons. The van der Waals surface area contributed by atoms with Crippen LogP contribution in [0, 0.1) is 0 Å². The molecule has 2 N–H and O–H groups in total. The van der Waals surface area contributed by atoms with E-state index in [9.17, 15) is 9.59 Å². The maximum Gasteiger partial charge on any atom is 0.297 e. The van der Waals surface area contributed by atoms with E-state index in [-0.39, 0.29) is 11.7 Å². The van der Waals surface area contributed by atoms with Crippen LogP contribution in [-0.4, -0.2) is 39.1 Å². The van der Waals surface area contributed by atoms with E-state index >= 15 is 0 Å². The summed E-state index contributed by atoms with van der Waals surface area (Å²) >= 11 is 0. The van der Waals surface area contributed by atoms with Gasteiger partial charge in [0.15, 0.2) is 0 Å². The Morgan fingerprint density at radius 1 is 1.00 bits per heavy atom. The fourth-order valence-corrected chi connectivity index (χ4v) is 2.46.